The topological polar surface area (TPSA) is 107 Å². The second kappa shape index (κ2) is 5.80. The Hall–Kier alpha value is -1.60. The van der Waals surface area contributed by atoms with Crippen molar-refractivity contribution in [1.29, 1.82) is 0 Å². The molecule has 1 aliphatic rings. The van der Waals surface area contributed by atoms with Gasteiger partial charge in [0.1, 0.15) is 11.9 Å². The monoisotopic (exact) mass is 299 g/mol. The van der Waals surface area contributed by atoms with E-state index in [4.69, 9.17) is 15.6 Å². The molecule has 1 unspecified atom stereocenters. The Morgan fingerprint density at radius 3 is 2.65 bits per heavy atom. The van der Waals surface area contributed by atoms with Crippen molar-refractivity contribution >= 4 is 15.8 Å². The average Bonchev–Trinajstić information content (AvgIpc) is 2.34. The van der Waals surface area contributed by atoms with E-state index in [1.807, 2.05) is 0 Å². The Balaban J connectivity index is 2.04. The molecule has 0 saturated carbocycles. The minimum atomic E-state index is -2.94. The smallest absolute Gasteiger partial charge is 0.303 e. The first kappa shape index (κ1) is 14.8. The molecule has 110 valence electrons. The first-order chi connectivity index (χ1) is 9.37. The number of ether oxygens (including phenoxy) is 1. The number of benzene rings is 1. The van der Waals surface area contributed by atoms with Crippen molar-refractivity contribution in [3.8, 4) is 5.75 Å². The van der Waals surface area contributed by atoms with Crippen molar-refractivity contribution in [3.05, 3.63) is 29.8 Å². The zero-order chi connectivity index (χ0) is 14.8. The zero-order valence-electron chi connectivity index (χ0n) is 10.9. The molecule has 1 fully saturated rings. The van der Waals surface area contributed by atoms with Crippen molar-refractivity contribution in [2.45, 2.75) is 25.0 Å². The van der Waals surface area contributed by atoms with Gasteiger partial charge >= 0.3 is 5.97 Å². The van der Waals surface area contributed by atoms with Crippen LogP contribution in [-0.2, 0) is 14.6 Å². The molecule has 0 radical (unpaired) electrons. The molecule has 7 heteroatoms. The molecule has 6 nitrogen and oxygen atoms in total. The number of carboxylic acid groups (broad SMARTS) is 1. The van der Waals surface area contributed by atoms with Crippen LogP contribution in [0.3, 0.4) is 0 Å². The maximum atomic E-state index is 11.1. The second-order valence-corrected chi connectivity index (χ2v) is 7.05. The van der Waals surface area contributed by atoms with E-state index in [2.05, 4.69) is 0 Å². The number of sulfone groups is 1. The van der Waals surface area contributed by atoms with Crippen molar-refractivity contribution in [1.82, 2.24) is 0 Å². The predicted molar refractivity (Wildman–Crippen MR) is 73.3 cm³/mol. The summed E-state index contributed by atoms with van der Waals surface area (Å²) in [6.07, 6.45) is -0.0563. The van der Waals surface area contributed by atoms with E-state index in [0.29, 0.717) is 17.7 Å². The maximum absolute atomic E-state index is 11.1. The number of rotatable bonds is 6. The van der Waals surface area contributed by atoms with Crippen molar-refractivity contribution in [2.75, 3.05) is 11.5 Å². The van der Waals surface area contributed by atoms with Gasteiger partial charge in [0.15, 0.2) is 9.84 Å². The maximum Gasteiger partial charge on any atom is 0.303 e. The SMILES string of the molecule is NC(CCC(=O)O)c1ccccc1OC1CS(=O)(=O)C1. The minimum absolute atomic E-state index is 0.0195. The summed E-state index contributed by atoms with van der Waals surface area (Å²) >= 11 is 0. The molecule has 0 aromatic heterocycles. The Bertz CT molecular complexity index is 587. The molecular formula is C13H17NO5S. The normalized spacial score (nSPS) is 19.1. The number of carbonyl (C=O) groups is 1. The summed E-state index contributed by atoms with van der Waals surface area (Å²) < 4.78 is 27.9. The second-order valence-electron chi connectivity index (χ2n) is 4.89. The van der Waals surface area contributed by atoms with Crippen LogP contribution >= 0.6 is 0 Å². The van der Waals surface area contributed by atoms with Gasteiger partial charge in [-0.2, -0.15) is 0 Å². The average molecular weight is 299 g/mol. The van der Waals surface area contributed by atoms with E-state index in [0.717, 1.165) is 0 Å². The largest absolute Gasteiger partial charge is 0.488 e. The third-order valence-electron chi connectivity index (χ3n) is 3.16. The lowest BCUT2D eigenvalue weighted by molar-refractivity contribution is -0.137. The van der Waals surface area contributed by atoms with Gasteiger partial charge in [-0.25, -0.2) is 8.42 Å². The lowest BCUT2D eigenvalue weighted by Crippen LogP contribution is -2.45. The first-order valence-electron chi connectivity index (χ1n) is 6.31. The Kier molecular flexibility index (Phi) is 4.29. The molecule has 1 heterocycles. The fourth-order valence-electron chi connectivity index (χ4n) is 2.09. The van der Waals surface area contributed by atoms with Gasteiger partial charge in [0.2, 0.25) is 0 Å². The summed E-state index contributed by atoms with van der Waals surface area (Å²) in [5.74, 6) is -0.327. The van der Waals surface area contributed by atoms with Gasteiger partial charge in [-0.05, 0) is 12.5 Å². The molecule has 0 amide bonds. The third-order valence-corrected chi connectivity index (χ3v) is 4.92. The lowest BCUT2D eigenvalue weighted by atomic mass is 10.0. The molecule has 0 bridgehead atoms. The van der Waals surface area contributed by atoms with Gasteiger partial charge in [-0.1, -0.05) is 18.2 Å². The number of hydrogen-bond acceptors (Lipinski definition) is 5. The molecule has 1 aliphatic heterocycles. The molecule has 2 rings (SSSR count). The van der Waals surface area contributed by atoms with Crippen LogP contribution in [-0.4, -0.2) is 37.1 Å². The van der Waals surface area contributed by atoms with Crippen LogP contribution < -0.4 is 10.5 Å². The highest BCUT2D eigenvalue weighted by molar-refractivity contribution is 7.92. The van der Waals surface area contributed by atoms with E-state index in [1.54, 1.807) is 24.3 Å². The highest BCUT2D eigenvalue weighted by atomic mass is 32.2. The van der Waals surface area contributed by atoms with Crippen molar-refractivity contribution in [3.63, 3.8) is 0 Å². The molecular weight excluding hydrogens is 282 g/mol. The van der Waals surface area contributed by atoms with Crippen LogP contribution in [0.2, 0.25) is 0 Å². The van der Waals surface area contributed by atoms with E-state index < -0.39 is 21.8 Å². The van der Waals surface area contributed by atoms with Gasteiger partial charge in [-0.15, -0.1) is 0 Å². The van der Waals surface area contributed by atoms with Crippen LogP contribution in [0.25, 0.3) is 0 Å². The number of hydrogen-bond donors (Lipinski definition) is 2. The Morgan fingerprint density at radius 1 is 1.40 bits per heavy atom. The number of para-hydroxylation sites is 1. The molecule has 1 aromatic rings. The molecule has 0 aliphatic carbocycles. The van der Waals surface area contributed by atoms with Crippen LogP contribution in [0.5, 0.6) is 5.75 Å². The predicted octanol–water partition coefficient (Wildman–Crippen LogP) is 0.727. The summed E-state index contributed by atoms with van der Waals surface area (Å²) in [5, 5.41) is 8.68. The van der Waals surface area contributed by atoms with E-state index in [-0.39, 0.29) is 24.0 Å². The van der Waals surface area contributed by atoms with E-state index in [1.165, 1.54) is 0 Å². The summed E-state index contributed by atoms with van der Waals surface area (Å²) in [6, 6.07) is 6.62. The van der Waals surface area contributed by atoms with Crippen molar-refractivity contribution in [2.24, 2.45) is 5.73 Å². The Labute approximate surface area is 117 Å². The van der Waals surface area contributed by atoms with E-state index in [9.17, 15) is 13.2 Å². The van der Waals surface area contributed by atoms with Crippen LogP contribution in [0.4, 0.5) is 0 Å². The van der Waals surface area contributed by atoms with Crippen LogP contribution in [0.1, 0.15) is 24.4 Å². The van der Waals surface area contributed by atoms with Gasteiger partial charge < -0.3 is 15.6 Å². The molecule has 1 aromatic carbocycles. The lowest BCUT2D eigenvalue weighted by Gasteiger charge is -2.28. The first-order valence-corrected chi connectivity index (χ1v) is 8.13. The fourth-order valence-corrected chi connectivity index (χ4v) is 3.27. The van der Waals surface area contributed by atoms with Gasteiger partial charge in [0.25, 0.3) is 0 Å². The molecule has 3 N–H and O–H groups in total. The molecule has 1 saturated heterocycles. The van der Waals surface area contributed by atoms with Crippen LogP contribution in [0, 0.1) is 0 Å². The number of aliphatic carboxylic acids is 1. The summed E-state index contributed by atoms with van der Waals surface area (Å²) in [4.78, 5) is 10.6. The van der Waals surface area contributed by atoms with Gasteiger partial charge in [0, 0.05) is 18.0 Å². The number of carboxylic acids is 1. The summed E-state index contributed by atoms with van der Waals surface area (Å²) in [5.41, 5.74) is 6.68. The highest BCUT2D eigenvalue weighted by Gasteiger charge is 2.35. The molecule has 20 heavy (non-hydrogen) atoms. The highest BCUT2D eigenvalue weighted by Crippen LogP contribution is 2.29. The van der Waals surface area contributed by atoms with Crippen molar-refractivity contribution < 1.29 is 23.1 Å². The zero-order valence-corrected chi connectivity index (χ0v) is 11.7. The standard InChI is InChI=1S/C13H17NO5S/c14-11(5-6-13(15)16)10-3-1-2-4-12(10)19-9-7-20(17,18)8-9/h1-4,9,11H,5-8,14H2,(H,15,16). The fraction of sp³-hybridized carbons (Fsp3) is 0.462. The minimum Gasteiger partial charge on any atom is -0.488 e. The number of nitrogens with two attached hydrogens (primary N) is 1. The van der Waals surface area contributed by atoms with Gasteiger partial charge in [-0.3, -0.25) is 4.79 Å². The summed E-state index contributed by atoms with van der Waals surface area (Å²) in [6.45, 7) is 0. The van der Waals surface area contributed by atoms with E-state index >= 15 is 0 Å². The molecule has 0 spiro atoms. The molecule has 1 atom stereocenters. The quantitative estimate of drug-likeness (QED) is 0.802. The Morgan fingerprint density at radius 2 is 2.05 bits per heavy atom. The third kappa shape index (κ3) is 3.71. The van der Waals surface area contributed by atoms with Crippen LogP contribution in [0.15, 0.2) is 24.3 Å². The summed E-state index contributed by atoms with van der Waals surface area (Å²) in [7, 11) is -2.94. The van der Waals surface area contributed by atoms with Gasteiger partial charge in [0.05, 0.1) is 11.5 Å².